The van der Waals surface area contributed by atoms with Crippen LogP contribution in [0.3, 0.4) is 0 Å². The molecule has 1 aromatic carbocycles. The molecular weight excluding hydrogens is 316 g/mol. The van der Waals surface area contributed by atoms with E-state index in [0.717, 1.165) is 18.4 Å². The predicted octanol–water partition coefficient (Wildman–Crippen LogP) is 3.34. The van der Waals surface area contributed by atoms with Crippen LogP contribution in [0.4, 0.5) is 5.82 Å². The number of hydrogen-bond acceptors (Lipinski definition) is 4. The van der Waals surface area contributed by atoms with E-state index in [1.165, 1.54) is 0 Å². The Kier molecular flexibility index (Phi) is 3.80. The van der Waals surface area contributed by atoms with Gasteiger partial charge in [0.2, 0.25) is 5.91 Å². The number of nitrogens with one attached hydrogen (secondary N) is 1. The molecule has 0 unspecified atom stereocenters. The number of imidazole rings is 1. The standard InChI is InChI=1S/C19H18N4O2/c1-12(24)14-3-2-4-15(8-14)16-11-23-17(9-20-16)21-10-18(23)22-19(25)7-13-5-6-13/h2-4,8-11,13H,5-7H2,1H3,(H,22,25). The van der Waals surface area contributed by atoms with Crippen LogP contribution < -0.4 is 5.32 Å². The van der Waals surface area contributed by atoms with Crippen molar-refractivity contribution in [2.75, 3.05) is 5.32 Å². The molecule has 4 rings (SSSR count). The van der Waals surface area contributed by atoms with E-state index in [0.29, 0.717) is 35.1 Å². The summed E-state index contributed by atoms with van der Waals surface area (Å²) in [4.78, 5) is 32.4. The molecule has 3 aromatic rings. The molecule has 0 bridgehead atoms. The van der Waals surface area contributed by atoms with Crippen molar-refractivity contribution in [2.45, 2.75) is 26.2 Å². The fourth-order valence-corrected chi connectivity index (χ4v) is 2.81. The number of ketones is 1. The van der Waals surface area contributed by atoms with Crippen LogP contribution >= 0.6 is 0 Å². The van der Waals surface area contributed by atoms with Gasteiger partial charge in [0.05, 0.1) is 18.1 Å². The Labute approximate surface area is 144 Å². The molecular formula is C19H18N4O2. The highest BCUT2D eigenvalue weighted by Crippen LogP contribution is 2.32. The van der Waals surface area contributed by atoms with Crippen molar-refractivity contribution in [3.63, 3.8) is 0 Å². The number of carbonyl (C=O) groups excluding carboxylic acids is 2. The molecule has 1 aliphatic rings. The summed E-state index contributed by atoms with van der Waals surface area (Å²) in [6.07, 6.45) is 7.96. The Hall–Kier alpha value is -3.02. The first-order valence-corrected chi connectivity index (χ1v) is 8.34. The van der Waals surface area contributed by atoms with Crippen molar-refractivity contribution in [3.05, 3.63) is 48.4 Å². The highest BCUT2D eigenvalue weighted by Gasteiger charge is 2.24. The maximum absolute atomic E-state index is 12.1. The van der Waals surface area contributed by atoms with Gasteiger partial charge in [0.1, 0.15) is 5.82 Å². The number of benzene rings is 1. The number of amides is 1. The second-order valence-corrected chi connectivity index (χ2v) is 6.48. The second-order valence-electron chi connectivity index (χ2n) is 6.48. The minimum absolute atomic E-state index is 0.0126. The summed E-state index contributed by atoms with van der Waals surface area (Å²) in [7, 11) is 0. The molecule has 6 nitrogen and oxygen atoms in total. The van der Waals surface area contributed by atoms with Crippen LogP contribution in [0.15, 0.2) is 42.9 Å². The van der Waals surface area contributed by atoms with E-state index in [2.05, 4.69) is 15.3 Å². The Bertz CT molecular complexity index is 972. The molecule has 2 heterocycles. The summed E-state index contributed by atoms with van der Waals surface area (Å²) in [5.41, 5.74) is 2.86. The zero-order chi connectivity index (χ0) is 17.4. The Morgan fingerprint density at radius 3 is 2.84 bits per heavy atom. The first-order chi connectivity index (χ1) is 12.1. The van der Waals surface area contributed by atoms with Crippen LogP contribution in [0.5, 0.6) is 0 Å². The largest absolute Gasteiger partial charge is 0.310 e. The highest BCUT2D eigenvalue weighted by molar-refractivity contribution is 5.95. The minimum Gasteiger partial charge on any atom is -0.310 e. The Morgan fingerprint density at radius 1 is 1.24 bits per heavy atom. The Morgan fingerprint density at radius 2 is 2.08 bits per heavy atom. The third-order valence-electron chi connectivity index (χ3n) is 4.40. The fourth-order valence-electron chi connectivity index (χ4n) is 2.81. The first-order valence-electron chi connectivity index (χ1n) is 8.34. The van der Waals surface area contributed by atoms with Crippen molar-refractivity contribution in [2.24, 2.45) is 5.92 Å². The van der Waals surface area contributed by atoms with Gasteiger partial charge >= 0.3 is 0 Å². The fraction of sp³-hybridized carbons (Fsp3) is 0.263. The van der Waals surface area contributed by atoms with E-state index in [-0.39, 0.29) is 11.7 Å². The van der Waals surface area contributed by atoms with Crippen molar-refractivity contribution in [3.8, 4) is 11.3 Å². The lowest BCUT2D eigenvalue weighted by Crippen LogP contribution is -2.13. The normalized spacial score (nSPS) is 13.8. The summed E-state index contributed by atoms with van der Waals surface area (Å²) < 4.78 is 1.81. The molecule has 1 amide bonds. The monoisotopic (exact) mass is 334 g/mol. The summed E-state index contributed by atoms with van der Waals surface area (Å²) >= 11 is 0. The van der Waals surface area contributed by atoms with Gasteiger partial charge in [-0.2, -0.15) is 0 Å². The summed E-state index contributed by atoms with van der Waals surface area (Å²) in [5.74, 6) is 1.19. The van der Waals surface area contributed by atoms with Gasteiger partial charge < -0.3 is 5.32 Å². The summed E-state index contributed by atoms with van der Waals surface area (Å²) in [5, 5.41) is 2.92. The lowest BCUT2D eigenvalue weighted by Gasteiger charge is -2.07. The van der Waals surface area contributed by atoms with Gasteiger partial charge in [-0.15, -0.1) is 0 Å². The molecule has 25 heavy (non-hydrogen) atoms. The lowest BCUT2D eigenvalue weighted by molar-refractivity contribution is -0.116. The van der Waals surface area contributed by atoms with Crippen molar-refractivity contribution in [1.82, 2.24) is 14.4 Å². The number of Topliss-reactive ketones (excluding diaryl/α,β-unsaturated/α-hetero) is 1. The third kappa shape index (κ3) is 3.28. The molecule has 1 aliphatic carbocycles. The van der Waals surface area contributed by atoms with Gasteiger partial charge in [0.25, 0.3) is 0 Å². The van der Waals surface area contributed by atoms with Crippen LogP contribution in [0.25, 0.3) is 16.9 Å². The SMILES string of the molecule is CC(=O)c1cccc(-c2cn3c(NC(=O)CC4CC4)cnc3cn2)c1. The zero-order valence-electron chi connectivity index (χ0n) is 13.9. The second kappa shape index (κ2) is 6.12. The topological polar surface area (TPSA) is 76.4 Å². The molecule has 1 saturated carbocycles. The molecule has 1 fully saturated rings. The number of nitrogens with zero attached hydrogens (tertiary/aromatic N) is 3. The molecule has 0 atom stereocenters. The van der Waals surface area contributed by atoms with Gasteiger partial charge in [-0.05, 0) is 31.7 Å². The maximum atomic E-state index is 12.1. The summed E-state index contributed by atoms with van der Waals surface area (Å²) in [6.45, 7) is 1.54. The molecule has 126 valence electrons. The third-order valence-corrected chi connectivity index (χ3v) is 4.40. The average Bonchev–Trinajstić information content (AvgIpc) is 3.34. The van der Waals surface area contributed by atoms with Crippen molar-refractivity contribution < 1.29 is 9.59 Å². The van der Waals surface area contributed by atoms with Gasteiger partial charge in [-0.1, -0.05) is 18.2 Å². The van der Waals surface area contributed by atoms with E-state index in [4.69, 9.17) is 0 Å². The molecule has 1 N–H and O–H groups in total. The maximum Gasteiger partial charge on any atom is 0.225 e. The first kappa shape index (κ1) is 15.5. The van der Waals surface area contributed by atoms with E-state index < -0.39 is 0 Å². The van der Waals surface area contributed by atoms with E-state index in [1.807, 2.05) is 28.8 Å². The van der Waals surface area contributed by atoms with Crippen molar-refractivity contribution >= 4 is 23.2 Å². The smallest absolute Gasteiger partial charge is 0.225 e. The number of rotatable bonds is 5. The van der Waals surface area contributed by atoms with Crippen molar-refractivity contribution in [1.29, 1.82) is 0 Å². The zero-order valence-corrected chi connectivity index (χ0v) is 13.9. The summed E-state index contributed by atoms with van der Waals surface area (Å²) in [6, 6.07) is 7.34. The quantitative estimate of drug-likeness (QED) is 0.726. The van der Waals surface area contributed by atoms with Gasteiger partial charge in [0.15, 0.2) is 11.4 Å². The highest BCUT2D eigenvalue weighted by atomic mass is 16.1. The van der Waals surface area contributed by atoms with Gasteiger partial charge in [-0.25, -0.2) is 4.98 Å². The van der Waals surface area contributed by atoms with Crippen LogP contribution in [0.1, 0.15) is 36.5 Å². The van der Waals surface area contributed by atoms with E-state index in [9.17, 15) is 9.59 Å². The molecule has 0 radical (unpaired) electrons. The molecule has 0 saturated heterocycles. The molecule has 0 aliphatic heterocycles. The van der Waals surface area contributed by atoms with E-state index in [1.54, 1.807) is 25.4 Å². The van der Waals surface area contributed by atoms with Crippen LogP contribution in [-0.2, 0) is 4.79 Å². The number of carbonyl (C=O) groups is 2. The number of hydrogen-bond donors (Lipinski definition) is 1. The number of anilines is 1. The van der Waals surface area contributed by atoms with Crippen LogP contribution in [-0.4, -0.2) is 26.1 Å². The molecule has 6 heteroatoms. The molecule has 0 spiro atoms. The van der Waals surface area contributed by atoms with E-state index >= 15 is 0 Å². The van der Waals surface area contributed by atoms with Crippen LogP contribution in [0, 0.1) is 5.92 Å². The average molecular weight is 334 g/mol. The predicted molar refractivity (Wildman–Crippen MR) is 94.4 cm³/mol. The van der Waals surface area contributed by atoms with Gasteiger partial charge in [-0.3, -0.25) is 19.0 Å². The Balaban J connectivity index is 1.66. The molecule has 2 aromatic heterocycles. The lowest BCUT2D eigenvalue weighted by atomic mass is 10.1. The van der Waals surface area contributed by atoms with Gasteiger partial charge in [0, 0.05) is 23.7 Å². The minimum atomic E-state index is 0.0126. The van der Waals surface area contributed by atoms with Crippen LogP contribution in [0.2, 0.25) is 0 Å². The number of fused-ring (bicyclic) bond motifs is 1. The number of aromatic nitrogens is 3.